The second kappa shape index (κ2) is 6.22. The highest BCUT2D eigenvalue weighted by atomic mass is 35.5. The van der Waals surface area contributed by atoms with Gasteiger partial charge in [0.15, 0.2) is 5.82 Å². The van der Waals surface area contributed by atoms with E-state index in [0.29, 0.717) is 24.2 Å². The molecule has 2 heterocycles. The first-order valence-corrected chi connectivity index (χ1v) is 6.87. The van der Waals surface area contributed by atoms with Crippen molar-refractivity contribution in [3.8, 4) is 0 Å². The second-order valence-corrected chi connectivity index (χ2v) is 5.24. The smallest absolute Gasteiger partial charge is 0.155 e. The monoisotopic (exact) mass is 283 g/mol. The van der Waals surface area contributed by atoms with Crippen LogP contribution in [0, 0.1) is 13.8 Å². The predicted octanol–water partition coefficient (Wildman–Crippen LogP) is 2.96. The molecule has 2 rings (SSSR count). The minimum Gasteiger partial charge on any atom is -0.373 e. The molecule has 18 heavy (non-hydrogen) atoms. The Hall–Kier alpha value is -1.04. The number of aryl methyl sites for hydroxylation is 2. The molecule has 0 bridgehead atoms. The lowest BCUT2D eigenvalue weighted by molar-refractivity contribution is 0.118. The Kier molecular flexibility index (Phi) is 4.63. The van der Waals surface area contributed by atoms with Gasteiger partial charge in [-0.2, -0.15) is 0 Å². The highest BCUT2D eigenvalue weighted by Crippen LogP contribution is 2.13. The number of hydrogen-bond acceptors (Lipinski definition) is 5. The van der Waals surface area contributed by atoms with Gasteiger partial charge in [-0.3, -0.25) is 0 Å². The van der Waals surface area contributed by atoms with Gasteiger partial charge in [0.1, 0.15) is 11.8 Å². The SMILES string of the molecule is Cc1cc(Cl)nc(COCCc2scnc2C)n1. The van der Waals surface area contributed by atoms with Crippen LogP contribution in [0.25, 0.3) is 0 Å². The van der Waals surface area contributed by atoms with Crippen LogP contribution in [0.3, 0.4) is 0 Å². The molecule has 0 aliphatic heterocycles. The summed E-state index contributed by atoms with van der Waals surface area (Å²) in [6.07, 6.45) is 0.871. The van der Waals surface area contributed by atoms with Crippen LogP contribution in [0.4, 0.5) is 0 Å². The maximum atomic E-state index is 5.85. The molecule has 0 unspecified atom stereocenters. The summed E-state index contributed by atoms with van der Waals surface area (Å²) in [6.45, 7) is 4.92. The van der Waals surface area contributed by atoms with Gasteiger partial charge >= 0.3 is 0 Å². The molecule has 0 amide bonds. The average molecular weight is 284 g/mol. The van der Waals surface area contributed by atoms with E-state index in [0.717, 1.165) is 17.8 Å². The van der Waals surface area contributed by atoms with Gasteiger partial charge in [0.2, 0.25) is 0 Å². The van der Waals surface area contributed by atoms with Crippen LogP contribution in [0.2, 0.25) is 5.15 Å². The van der Waals surface area contributed by atoms with Gasteiger partial charge in [0, 0.05) is 17.0 Å². The molecule has 0 spiro atoms. The van der Waals surface area contributed by atoms with E-state index in [2.05, 4.69) is 15.0 Å². The van der Waals surface area contributed by atoms with Crippen LogP contribution in [0.15, 0.2) is 11.6 Å². The fraction of sp³-hybridized carbons (Fsp3) is 0.417. The van der Waals surface area contributed by atoms with Crippen molar-refractivity contribution in [2.75, 3.05) is 6.61 Å². The maximum absolute atomic E-state index is 5.85. The van der Waals surface area contributed by atoms with E-state index >= 15 is 0 Å². The lowest BCUT2D eigenvalue weighted by Crippen LogP contribution is -2.03. The molecule has 0 atom stereocenters. The first-order chi connectivity index (χ1) is 8.65. The molecule has 0 fully saturated rings. The molecule has 0 radical (unpaired) electrons. The number of ether oxygens (including phenoxy) is 1. The van der Waals surface area contributed by atoms with Crippen LogP contribution in [0.5, 0.6) is 0 Å². The summed E-state index contributed by atoms with van der Waals surface area (Å²) >= 11 is 7.51. The van der Waals surface area contributed by atoms with Crippen molar-refractivity contribution in [1.29, 1.82) is 0 Å². The molecule has 4 nitrogen and oxygen atoms in total. The van der Waals surface area contributed by atoms with Crippen molar-refractivity contribution in [3.63, 3.8) is 0 Å². The van der Waals surface area contributed by atoms with Crippen LogP contribution in [0.1, 0.15) is 22.1 Å². The number of aromatic nitrogens is 3. The third kappa shape index (κ3) is 3.73. The van der Waals surface area contributed by atoms with E-state index in [4.69, 9.17) is 16.3 Å². The van der Waals surface area contributed by atoms with Crippen molar-refractivity contribution in [3.05, 3.63) is 38.8 Å². The third-order valence-electron chi connectivity index (χ3n) is 2.42. The quantitative estimate of drug-likeness (QED) is 0.625. The van der Waals surface area contributed by atoms with E-state index in [9.17, 15) is 0 Å². The van der Waals surface area contributed by atoms with E-state index in [1.165, 1.54) is 4.88 Å². The Labute approximate surface area is 115 Å². The van der Waals surface area contributed by atoms with Crippen molar-refractivity contribution >= 4 is 22.9 Å². The summed E-state index contributed by atoms with van der Waals surface area (Å²) in [4.78, 5) is 13.8. The van der Waals surface area contributed by atoms with E-state index in [1.807, 2.05) is 19.4 Å². The first kappa shape index (κ1) is 13.4. The van der Waals surface area contributed by atoms with Crippen molar-refractivity contribution in [2.24, 2.45) is 0 Å². The van der Waals surface area contributed by atoms with Crippen LogP contribution < -0.4 is 0 Å². The van der Waals surface area contributed by atoms with Crippen LogP contribution in [-0.4, -0.2) is 21.6 Å². The second-order valence-electron chi connectivity index (χ2n) is 3.91. The minimum atomic E-state index is 0.388. The summed E-state index contributed by atoms with van der Waals surface area (Å²) in [5.41, 5.74) is 3.79. The number of thiazole rings is 1. The molecule has 0 aromatic carbocycles. The Balaban J connectivity index is 1.80. The molecule has 0 aliphatic rings. The molecular weight excluding hydrogens is 270 g/mol. The van der Waals surface area contributed by atoms with Gasteiger partial charge in [0.25, 0.3) is 0 Å². The molecular formula is C12H14ClN3OS. The number of hydrogen-bond donors (Lipinski definition) is 0. The largest absolute Gasteiger partial charge is 0.373 e. The normalized spacial score (nSPS) is 10.8. The van der Waals surface area contributed by atoms with Gasteiger partial charge < -0.3 is 4.74 Å². The van der Waals surface area contributed by atoms with Gasteiger partial charge in [0.05, 0.1) is 17.8 Å². The zero-order chi connectivity index (χ0) is 13.0. The van der Waals surface area contributed by atoms with E-state index in [1.54, 1.807) is 17.4 Å². The summed E-state index contributed by atoms with van der Waals surface area (Å²) in [5, 5.41) is 0.458. The van der Waals surface area contributed by atoms with Gasteiger partial charge in [-0.05, 0) is 19.9 Å². The molecule has 0 N–H and O–H groups in total. The summed E-state index contributed by atoms with van der Waals surface area (Å²) < 4.78 is 5.55. The zero-order valence-electron chi connectivity index (χ0n) is 10.3. The summed E-state index contributed by atoms with van der Waals surface area (Å²) in [6, 6.07) is 1.73. The Morgan fingerprint density at radius 2 is 2.17 bits per heavy atom. The summed E-state index contributed by atoms with van der Waals surface area (Å²) in [7, 11) is 0. The van der Waals surface area contributed by atoms with E-state index in [-0.39, 0.29) is 0 Å². The summed E-state index contributed by atoms with van der Waals surface area (Å²) in [5.74, 6) is 0.626. The minimum absolute atomic E-state index is 0.388. The Morgan fingerprint density at radius 1 is 1.33 bits per heavy atom. The number of rotatable bonds is 5. The van der Waals surface area contributed by atoms with Crippen molar-refractivity contribution in [2.45, 2.75) is 26.9 Å². The molecule has 0 saturated heterocycles. The van der Waals surface area contributed by atoms with E-state index < -0.39 is 0 Å². The zero-order valence-corrected chi connectivity index (χ0v) is 11.9. The molecule has 0 aliphatic carbocycles. The fourth-order valence-corrected chi connectivity index (χ4v) is 2.57. The van der Waals surface area contributed by atoms with Gasteiger partial charge in [-0.25, -0.2) is 15.0 Å². The maximum Gasteiger partial charge on any atom is 0.155 e. The van der Waals surface area contributed by atoms with Crippen molar-refractivity contribution < 1.29 is 4.74 Å². The van der Waals surface area contributed by atoms with Crippen LogP contribution >= 0.6 is 22.9 Å². The van der Waals surface area contributed by atoms with Crippen molar-refractivity contribution in [1.82, 2.24) is 15.0 Å². The first-order valence-electron chi connectivity index (χ1n) is 5.62. The lowest BCUT2D eigenvalue weighted by Gasteiger charge is -2.04. The standard InChI is InChI=1S/C12H14ClN3OS/c1-8-5-11(13)16-12(15-8)6-17-4-3-10-9(2)14-7-18-10/h5,7H,3-4,6H2,1-2H3. The third-order valence-corrected chi connectivity index (χ3v) is 3.61. The molecule has 2 aromatic heterocycles. The fourth-order valence-electron chi connectivity index (χ4n) is 1.55. The number of halogens is 1. The van der Waals surface area contributed by atoms with Gasteiger partial charge in [-0.15, -0.1) is 11.3 Å². The molecule has 0 saturated carbocycles. The molecule has 2 aromatic rings. The topological polar surface area (TPSA) is 47.9 Å². The predicted molar refractivity (Wildman–Crippen MR) is 72.0 cm³/mol. The highest BCUT2D eigenvalue weighted by molar-refractivity contribution is 7.09. The Morgan fingerprint density at radius 3 is 2.83 bits per heavy atom. The van der Waals surface area contributed by atoms with Gasteiger partial charge in [-0.1, -0.05) is 11.6 Å². The molecule has 96 valence electrons. The Bertz CT molecular complexity index is 510. The molecule has 6 heteroatoms. The lowest BCUT2D eigenvalue weighted by atomic mass is 10.3. The number of nitrogens with zero attached hydrogens (tertiary/aromatic N) is 3. The van der Waals surface area contributed by atoms with Crippen LogP contribution in [-0.2, 0) is 17.8 Å². The average Bonchev–Trinajstić information content (AvgIpc) is 2.69. The highest BCUT2D eigenvalue weighted by Gasteiger charge is 2.03.